The van der Waals surface area contributed by atoms with E-state index in [1.165, 1.54) is 21.5 Å². The van der Waals surface area contributed by atoms with Crippen molar-refractivity contribution in [2.24, 2.45) is 0 Å². The molecule has 2 heterocycles. The quantitative estimate of drug-likeness (QED) is 0.233. The topological polar surface area (TPSA) is 33.6 Å². The summed E-state index contributed by atoms with van der Waals surface area (Å²) in [5.41, 5.74) is 9.23. The summed E-state index contributed by atoms with van der Waals surface area (Å²) in [5.74, 6) is 0. The van der Waals surface area contributed by atoms with Gasteiger partial charge >= 0.3 is 0 Å². The lowest BCUT2D eigenvalue weighted by atomic mass is 9.97. The molecule has 0 aliphatic heterocycles. The van der Waals surface area contributed by atoms with Crippen LogP contribution in [0.4, 0.5) is 0 Å². The van der Waals surface area contributed by atoms with Gasteiger partial charge in [-0.05, 0) is 54.1 Å². The molecule has 3 nitrogen and oxygen atoms in total. The Morgan fingerprint density at radius 2 is 0.925 bits per heavy atom. The maximum absolute atomic E-state index is 10.3. The molecule has 40 heavy (non-hydrogen) atoms. The standard InChI is InChI=1S/C37H23N3/c38-24-26-12-10-22-36(40-34-20-7-3-16-30(34)31-17-4-8-21-35(31)40)37(26)25-11-9-13-27(23-25)39-32-18-5-1-14-28(32)29-15-2-6-19-33(29)39/h1-23H. The minimum atomic E-state index is 0.652. The van der Waals surface area contributed by atoms with Gasteiger partial charge in [-0.25, -0.2) is 0 Å². The van der Waals surface area contributed by atoms with Crippen molar-refractivity contribution in [2.45, 2.75) is 0 Å². The SMILES string of the molecule is N#Cc1cccc(-n2c3ccccc3c3ccccc32)c1-c1cccc(-n2c3ccccc3c3ccccc32)c1. The molecule has 0 saturated heterocycles. The molecule has 0 amide bonds. The van der Waals surface area contributed by atoms with E-state index in [1.807, 2.05) is 12.1 Å². The molecule has 8 aromatic rings. The molecule has 0 atom stereocenters. The number of benzene rings is 6. The molecule has 6 aromatic carbocycles. The number of para-hydroxylation sites is 4. The van der Waals surface area contributed by atoms with Crippen molar-refractivity contribution < 1.29 is 0 Å². The summed E-state index contributed by atoms with van der Waals surface area (Å²) in [7, 11) is 0. The van der Waals surface area contributed by atoms with Gasteiger partial charge in [-0.3, -0.25) is 0 Å². The van der Waals surface area contributed by atoms with Gasteiger partial charge in [0.15, 0.2) is 0 Å². The Hall–Kier alpha value is -5.59. The number of aromatic nitrogens is 2. The Labute approximate surface area is 231 Å². The van der Waals surface area contributed by atoms with Crippen molar-refractivity contribution in [3.05, 3.63) is 145 Å². The van der Waals surface area contributed by atoms with Gasteiger partial charge in [0.1, 0.15) is 0 Å². The molecular formula is C37H23N3. The average Bonchev–Trinajstić information content (AvgIpc) is 3.54. The van der Waals surface area contributed by atoms with E-state index in [0.29, 0.717) is 5.56 Å². The summed E-state index contributed by atoms with van der Waals surface area (Å²) in [6.45, 7) is 0. The first-order chi connectivity index (χ1) is 19.8. The summed E-state index contributed by atoms with van der Waals surface area (Å²) in [5, 5.41) is 15.2. The van der Waals surface area contributed by atoms with Crippen LogP contribution in [-0.4, -0.2) is 9.13 Å². The number of rotatable bonds is 3. The molecule has 0 saturated carbocycles. The van der Waals surface area contributed by atoms with Crippen molar-refractivity contribution in [1.82, 2.24) is 9.13 Å². The van der Waals surface area contributed by atoms with Crippen molar-refractivity contribution in [2.75, 3.05) is 0 Å². The fraction of sp³-hybridized carbons (Fsp3) is 0. The lowest BCUT2D eigenvalue weighted by Gasteiger charge is -2.17. The van der Waals surface area contributed by atoms with Gasteiger partial charge in [-0.1, -0.05) is 91.0 Å². The summed E-state index contributed by atoms with van der Waals surface area (Å²) in [6, 6.07) is 51.2. The van der Waals surface area contributed by atoms with E-state index < -0.39 is 0 Å². The molecule has 2 aromatic heterocycles. The van der Waals surface area contributed by atoms with Crippen LogP contribution < -0.4 is 0 Å². The van der Waals surface area contributed by atoms with E-state index in [9.17, 15) is 5.26 Å². The van der Waals surface area contributed by atoms with Gasteiger partial charge in [0.05, 0.1) is 39.4 Å². The lowest BCUT2D eigenvalue weighted by molar-refractivity contribution is 1.17. The first-order valence-corrected chi connectivity index (χ1v) is 13.4. The van der Waals surface area contributed by atoms with Crippen LogP contribution >= 0.6 is 0 Å². The molecule has 0 aliphatic carbocycles. The monoisotopic (exact) mass is 509 g/mol. The summed E-state index contributed by atoms with van der Waals surface area (Å²) < 4.78 is 4.62. The van der Waals surface area contributed by atoms with Gasteiger partial charge in [0, 0.05) is 32.8 Å². The number of hydrogen-bond acceptors (Lipinski definition) is 1. The predicted molar refractivity (Wildman–Crippen MR) is 165 cm³/mol. The van der Waals surface area contributed by atoms with E-state index in [1.54, 1.807) is 0 Å². The van der Waals surface area contributed by atoms with Crippen LogP contribution in [0.2, 0.25) is 0 Å². The molecule has 3 heteroatoms. The highest BCUT2D eigenvalue weighted by Crippen LogP contribution is 2.39. The van der Waals surface area contributed by atoms with E-state index in [2.05, 4.69) is 143 Å². The van der Waals surface area contributed by atoms with Crippen LogP contribution in [0.5, 0.6) is 0 Å². The van der Waals surface area contributed by atoms with Crippen LogP contribution in [0.3, 0.4) is 0 Å². The predicted octanol–water partition coefficient (Wildman–Crippen LogP) is 9.42. The highest BCUT2D eigenvalue weighted by atomic mass is 15.0. The van der Waals surface area contributed by atoms with Crippen LogP contribution in [0.1, 0.15) is 5.56 Å². The molecule has 0 aliphatic rings. The van der Waals surface area contributed by atoms with Gasteiger partial charge in [0.2, 0.25) is 0 Å². The number of fused-ring (bicyclic) bond motifs is 6. The lowest BCUT2D eigenvalue weighted by Crippen LogP contribution is -2.00. The Morgan fingerprint density at radius 1 is 0.450 bits per heavy atom. The fourth-order valence-electron chi connectivity index (χ4n) is 6.31. The van der Waals surface area contributed by atoms with Crippen LogP contribution in [-0.2, 0) is 0 Å². The van der Waals surface area contributed by atoms with E-state index >= 15 is 0 Å². The van der Waals surface area contributed by atoms with Gasteiger partial charge in [-0.2, -0.15) is 5.26 Å². The van der Waals surface area contributed by atoms with Crippen LogP contribution in [0.25, 0.3) is 66.1 Å². The minimum absolute atomic E-state index is 0.652. The highest BCUT2D eigenvalue weighted by Gasteiger charge is 2.19. The molecular weight excluding hydrogens is 486 g/mol. The number of nitriles is 1. The third kappa shape index (κ3) is 3.17. The fourth-order valence-corrected chi connectivity index (χ4v) is 6.31. The molecule has 0 unspecified atom stereocenters. The third-order valence-corrected chi connectivity index (χ3v) is 7.96. The number of nitrogens with zero attached hydrogens (tertiary/aromatic N) is 3. The van der Waals surface area contributed by atoms with Gasteiger partial charge < -0.3 is 9.13 Å². The Morgan fingerprint density at radius 3 is 1.45 bits per heavy atom. The van der Waals surface area contributed by atoms with Crippen molar-refractivity contribution in [1.29, 1.82) is 5.26 Å². The normalized spacial score (nSPS) is 11.5. The van der Waals surface area contributed by atoms with Crippen molar-refractivity contribution >= 4 is 43.6 Å². The molecule has 186 valence electrons. The summed E-state index contributed by atoms with van der Waals surface area (Å²) in [4.78, 5) is 0. The smallest absolute Gasteiger partial charge is 0.0998 e. The zero-order valence-corrected chi connectivity index (χ0v) is 21.6. The molecule has 0 bridgehead atoms. The Kier molecular flexibility index (Phi) is 4.89. The minimum Gasteiger partial charge on any atom is -0.309 e. The Bertz CT molecular complexity index is 2180. The maximum atomic E-state index is 10.3. The largest absolute Gasteiger partial charge is 0.309 e. The summed E-state index contributed by atoms with van der Waals surface area (Å²) in [6.07, 6.45) is 0. The van der Waals surface area contributed by atoms with E-state index in [4.69, 9.17) is 0 Å². The molecule has 0 N–H and O–H groups in total. The van der Waals surface area contributed by atoms with Crippen molar-refractivity contribution in [3.8, 4) is 28.6 Å². The number of hydrogen-bond donors (Lipinski definition) is 0. The molecule has 0 radical (unpaired) electrons. The second kappa shape index (κ2) is 8.73. The molecule has 0 fully saturated rings. The van der Waals surface area contributed by atoms with Crippen LogP contribution in [0.15, 0.2) is 140 Å². The van der Waals surface area contributed by atoms with Crippen molar-refractivity contribution in [3.63, 3.8) is 0 Å². The molecule has 8 rings (SSSR count). The van der Waals surface area contributed by atoms with Crippen LogP contribution in [0, 0.1) is 11.3 Å². The second-order valence-corrected chi connectivity index (χ2v) is 10.1. The van der Waals surface area contributed by atoms with Gasteiger partial charge in [-0.15, -0.1) is 0 Å². The van der Waals surface area contributed by atoms with E-state index in [-0.39, 0.29) is 0 Å². The van der Waals surface area contributed by atoms with Gasteiger partial charge in [0.25, 0.3) is 0 Å². The first kappa shape index (κ1) is 22.4. The zero-order valence-electron chi connectivity index (χ0n) is 21.6. The summed E-state index contributed by atoms with van der Waals surface area (Å²) >= 11 is 0. The highest BCUT2D eigenvalue weighted by molar-refractivity contribution is 6.10. The maximum Gasteiger partial charge on any atom is 0.0998 e. The molecule has 0 spiro atoms. The second-order valence-electron chi connectivity index (χ2n) is 10.1. The average molecular weight is 510 g/mol. The third-order valence-electron chi connectivity index (χ3n) is 7.96. The zero-order chi connectivity index (χ0) is 26.6. The van der Waals surface area contributed by atoms with E-state index in [0.717, 1.165) is 44.6 Å². The first-order valence-electron chi connectivity index (χ1n) is 13.4. The Balaban J connectivity index is 1.43.